The Balaban J connectivity index is 1.65. The minimum Gasteiger partial charge on any atom is -0.324 e. The SMILES string of the molecule is Cc1ccc(NC(=O)[C@H]2CCCN2C(=O)Nc2cccc(Cl)c2)cc1. The number of carbonyl (C=O) groups is 2. The van der Waals surface area contributed by atoms with Crippen LogP contribution in [0, 0.1) is 6.92 Å². The van der Waals surface area contributed by atoms with Crippen molar-refractivity contribution in [3.05, 3.63) is 59.1 Å². The first-order valence-corrected chi connectivity index (χ1v) is 8.61. The maximum absolute atomic E-state index is 12.6. The third kappa shape index (κ3) is 4.31. The van der Waals surface area contributed by atoms with E-state index in [1.165, 1.54) is 0 Å². The van der Waals surface area contributed by atoms with Crippen LogP contribution >= 0.6 is 11.6 Å². The molecule has 0 spiro atoms. The molecule has 2 aromatic carbocycles. The van der Waals surface area contributed by atoms with E-state index in [1.807, 2.05) is 31.2 Å². The molecule has 3 rings (SSSR count). The summed E-state index contributed by atoms with van der Waals surface area (Å²) >= 11 is 5.94. The van der Waals surface area contributed by atoms with Gasteiger partial charge < -0.3 is 15.5 Å². The largest absolute Gasteiger partial charge is 0.324 e. The molecule has 5 nitrogen and oxygen atoms in total. The second-order valence-corrected chi connectivity index (χ2v) is 6.58. The van der Waals surface area contributed by atoms with Gasteiger partial charge in [0, 0.05) is 22.9 Å². The normalized spacial score (nSPS) is 16.6. The number of nitrogens with zero attached hydrogens (tertiary/aromatic N) is 1. The number of likely N-dealkylation sites (tertiary alicyclic amines) is 1. The van der Waals surface area contributed by atoms with E-state index in [2.05, 4.69) is 10.6 Å². The zero-order valence-electron chi connectivity index (χ0n) is 14.0. The van der Waals surface area contributed by atoms with Crippen molar-refractivity contribution in [2.75, 3.05) is 17.2 Å². The van der Waals surface area contributed by atoms with Crippen LogP contribution in [0.3, 0.4) is 0 Å². The fraction of sp³-hybridized carbons (Fsp3) is 0.263. The number of carbonyl (C=O) groups excluding carboxylic acids is 2. The number of nitrogens with one attached hydrogen (secondary N) is 2. The van der Waals surface area contributed by atoms with E-state index in [-0.39, 0.29) is 11.9 Å². The summed E-state index contributed by atoms with van der Waals surface area (Å²) in [6.45, 7) is 2.54. The molecule has 2 aromatic rings. The zero-order valence-corrected chi connectivity index (χ0v) is 14.7. The summed E-state index contributed by atoms with van der Waals surface area (Å²) in [7, 11) is 0. The number of rotatable bonds is 3. The standard InChI is InChI=1S/C19H20ClN3O2/c1-13-7-9-15(10-8-13)21-18(24)17-6-3-11-23(17)19(25)22-16-5-2-4-14(20)12-16/h2,4-5,7-10,12,17H,3,6,11H2,1H3,(H,21,24)(H,22,25)/t17-/m1/s1. The molecular weight excluding hydrogens is 338 g/mol. The number of anilines is 2. The second-order valence-electron chi connectivity index (χ2n) is 6.15. The highest BCUT2D eigenvalue weighted by atomic mass is 35.5. The summed E-state index contributed by atoms with van der Waals surface area (Å²) in [5, 5.41) is 6.24. The van der Waals surface area contributed by atoms with Gasteiger partial charge in [0.2, 0.25) is 5.91 Å². The molecule has 0 saturated carbocycles. The fourth-order valence-electron chi connectivity index (χ4n) is 2.91. The molecule has 130 valence electrons. The van der Waals surface area contributed by atoms with Gasteiger partial charge in [-0.2, -0.15) is 0 Å². The van der Waals surface area contributed by atoms with Gasteiger partial charge in [0.25, 0.3) is 0 Å². The molecule has 6 heteroatoms. The van der Waals surface area contributed by atoms with Crippen molar-refractivity contribution in [1.29, 1.82) is 0 Å². The Morgan fingerprint density at radius 2 is 1.84 bits per heavy atom. The van der Waals surface area contributed by atoms with E-state index in [0.717, 1.165) is 17.7 Å². The van der Waals surface area contributed by atoms with Crippen molar-refractivity contribution in [3.8, 4) is 0 Å². The first kappa shape index (κ1) is 17.3. The van der Waals surface area contributed by atoms with Crippen LogP contribution in [0.25, 0.3) is 0 Å². The van der Waals surface area contributed by atoms with Gasteiger partial charge in [-0.05, 0) is 50.1 Å². The lowest BCUT2D eigenvalue weighted by atomic mass is 10.2. The van der Waals surface area contributed by atoms with Crippen molar-refractivity contribution in [1.82, 2.24) is 4.90 Å². The number of amides is 3. The van der Waals surface area contributed by atoms with Crippen LogP contribution in [0.15, 0.2) is 48.5 Å². The Labute approximate surface area is 152 Å². The van der Waals surface area contributed by atoms with E-state index in [4.69, 9.17) is 11.6 Å². The minimum absolute atomic E-state index is 0.164. The van der Waals surface area contributed by atoms with E-state index < -0.39 is 6.04 Å². The lowest BCUT2D eigenvalue weighted by Gasteiger charge is -2.24. The topological polar surface area (TPSA) is 61.4 Å². The zero-order chi connectivity index (χ0) is 17.8. The van der Waals surface area contributed by atoms with E-state index in [9.17, 15) is 9.59 Å². The van der Waals surface area contributed by atoms with Crippen molar-refractivity contribution < 1.29 is 9.59 Å². The molecule has 1 heterocycles. The summed E-state index contributed by atoms with van der Waals surface area (Å²) in [4.78, 5) is 26.7. The highest BCUT2D eigenvalue weighted by Crippen LogP contribution is 2.22. The maximum Gasteiger partial charge on any atom is 0.322 e. The van der Waals surface area contributed by atoms with Gasteiger partial charge in [0.05, 0.1) is 0 Å². The smallest absolute Gasteiger partial charge is 0.322 e. The number of halogens is 1. The van der Waals surface area contributed by atoms with E-state index in [0.29, 0.717) is 23.7 Å². The van der Waals surface area contributed by atoms with Crippen LogP contribution in [0.1, 0.15) is 18.4 Å². The Kier molecular flexibility index (Phi) is 5.24. The molecular formula is C19H20ClN3O2. The van der Waals surface area contributed by atoms with Gasteiger partial charge in [0.15, 0.2) is 0 Å². The lowest BCUT2D eigenvalue weighted by Crippen LogP contribution is -2.45. The van der Waals surface area contributed by atoms with Crippen molar-refractivity contribution in [2.24, 2.45) is 0 Å². The number of hydrogen-bond acceptors (Lipinski definition) is 2. The summed E-state index contributed by atoms with van der Waals surface area (Å²) < 4.78 is 0. The first-order chi connectivity index (χ1) is 12.0. The van der Waals surface area contributed by atoms with Crippen molar-refractivity contribution in [2.45, 2.75) is 25.8 Å². The summed E-state index contributed by atoms with van der Waals surface area (Å²) in [6, 6.07) is 13.8. The molecule has 2 N–H and O–H groups in total. The predicted octanol–water partition coefficient (Wildman–Crippen LogP) is 4.28. The van der Waals surface area contributed by atoms with E-state index >= 15 is 0 Å². The molecule has 1 aliphatic rings. The molecule has 1 fully saturated rings. The second kappa shape index (κ2) is 7.57. The molecule has 0 radical (unpaired) electrons. The molecule has 1 aliphatic heterocycles. The summed E-state index contributed by atoms with van der Waals surface area (Å²) in [5.41, 5.74) is 2.47. The Hall–Kier alpha value is -2.53. The molecule has 1 atom stereocenters. The van der Waals surface area contributed by atoms with Crippen LogP contribution in [-0.2, 0) is 4.79 Å². The lowest BCUT2D eigenvalue weighted by molar-refractivity contribution is -0.119. The van der Waals surface area contributed by atoms with Gasteiger partial charge in [-0.3, -0.25) is 4.79 Å². The Morgan fingerprint density at radius 1 is 1.08 bits per heavy atom. The molecule has 0 unspecified atom stereocenters. The Bertz CT molecular complexity index is 776. The van der Waals surface area contributed by atoms with Crippen LogP contribution in [-0.4, -0.2) is 29.4 Å². The van der Waals surface area contributed by atoms with Gasteiger partial charge in [-0.1, -0.05) is 35.4 Å². The number of urea groups is 1. The third-order valence-corrected chi connectivity index (χ3v) is 4.45. The van der Waals surface area contributed by atoms with Gasteiger partial charge in [-0.15, -0.1) is 0 Å². The summed E-state index contributed by atoms with van der Waals surface area (Å²) in [6.07, 6.45) is 1.45. The predicted molar refractivity (Wildman–Crippen MR) is 100 cm³/mol. The summed E-state index contributed by atoms with van der Waals surface area (Å²) in [5.74, 6) is -0.164. The molecule has 0 aromatic heterocycles. The van der Waals surface area contributed by atoms with Crippen LogP contribution in [0.4, 0.5) is 16.2 Å². The Morgan fingerprint density at radius 3 is 2.56 bits per heavy atom. The van der Waals surface area contributed by atoms with Crippen LogP contribution < -0.4 is 10.6 Å². The molecule has 0 bridgehead atoms. The number of aryl methyl sites for hydroxylation is 1. The van der Waals surface area contributed by atoms with Crippen LogP contribution in [0.2, 0.25) is 5.02 Å². The fourth-order valence-corrected chi connectivity index (χ4v) is 3.10. The highest BCUT2D eigenvalue weighted by Gasteiger charge is 2.34. The monoisotopic (exact) mass is 357 g/mol. The van der Waals surface area contributed by atoms with Crippen molar-refractivity contribution in [3.63, 3.8) is 0 Å². The van der Waals surface area contributed by atoms with Crippen LogP contribution in [0.5, 0.6) is 0 Å². The average molecular weight is 358 g/mol. The maximum atomic E-state index is 12.6. The first-order valence-electron chi connectivity index (χ1n) is 8.23. The molecule has 25 heavy (non-hydrogen) atoms. The van der Waals surface area contributed by atoms with Crippen molar-refractivity contribution >= 4 is 34.9 Å². The van der Waals surface area contributed by atoms with Gasteiger partial charge in [-0.25, -0.2) is 4.79 Å². The highest BCUT2D eigenvalue weighted by molar-refractivity contribution is 6.30. The number of hydrogen-bond donors (Lipinski definition) is 2. The molecule has 0 aliphatic carbocycles. The van der Waals surface area contributed by atoms with Gasteiger partial charge in [0.1, 0.15) is 6.04 Å². The van der Waals surface area contributed by atoms with Gasteiger partial charge >= 0.3 is 6.03 Å². The minimum atomic E-state index is -0.472. The third-order valence-electron chi connectivity index (χ3n) is 4.21. The quantitative estimate of drug-likeness (QED) is 0.861. The molecule has 3 amide bonds. The molecule has 1 saturated heterocycles. The van der Waals surface area contributed by atoms with E-state index in [1.54, 1.807) is 29.2 Å². The number of benzene rings is 2. The average Bonchev–Trinajstić information content (AvgIpc) is 3.07.